The van der Waals surface area contributed by atoms with Crippen molar-refractivity contribution >= 4 is 33.1 Å². The molecule has 7 heteroatoms. The summed E-state index contributed by atoms with van der Waals surface area (Å²) in [6.45, 7) is 4.41. The fourth-order valence-corrected chi connectivity index (χ4v) is 5.79. The number of amides is 1. The van der Waals surface area contributed by atoms with E-state index in [4.69, 9.17) is 9.72 Å². The summed E-state index contributed by atoms with van der Waals surface area (Å²) in [6.07, 6.45) is 4.11. The summed E-state index contributed by atoms with van der Waals surface area (Å²) in [5.41, 5.74) is 3.55. The first-order valence-electron chi connectivity index (χ1n) is 11.7. The molecule has 6 nitrogen and oxygen atoms in total. The van der Waals surface area contributed by atoms with Crippen LogP contribution in [0.1, 0.15) is 35.8 Å². The van der Waals surface area contributed by atoms with Crippen molar-refractivity contribution in [3.8, 4) is 17.1 Å². The first-order chi connectivity index (χ1) is 16.5. The molecule has 5 rings (SSSR count). The van der Waals surface area contributed by atoms with Crippen LogP contribution in [0.15, 0.2) is 53.3 Å². The lowest BCUT2D eigenvalue weighted by atomic mass is 9.97. The van der Waals surface area contributed by atoms with Crippen LogP contribution in [0.5, 0.6) is 5.75 Å². The molecule has 1 aliphatic rings. The average molecular weight is 474 g/mol. The van der Waals surface area contributed by atoms with Gasteiger partial charge in [0.2, 0.25) is 5.91 Å². The van der Waals surface area contributed by atoms with Gasteiger partial charge in [-0.1, -0.05) is 23.8 Å². The van der Waals surface area contributed by atoms with Crippen molar-refractivity contribution in [2.24, 2.45) is 0 Å². The van der Waals surface area contributed by atoms with Crippen LogP contribution in [0, 0.1) is 6.92 Å². The SMILES string of the molecule is CCOc1ccc(NC(=O)Cn2c(-c3cccc(C)c3)nc3sc4c(c3c2=O)CCCC4)cc1. The molecule has 0 spiro atoms. The lowest BCUT2D eigenvalue weighted by Gasteiger charge is -2.14. The standard InChI is InChI=1S/C27H27N3O3S/c1-3-33-20-13-11-19(12-14-20)28-23(31)16-30-25(18-8-6-7-17(2)15-18)29-26-24(27(30)32)21-9-4-5-10-22(21)34-26/h6-8,11-15H,3-5,9-10,16H2,1-2H3,(H,28,31). The number of carbonyl (C=O) groups excluding carboxylic acids is 1. The van der Waals surface area contributed by atoms with E-state index in [1.165, 1.54) is 9.44 Å². The van der Waals surface area contributed by atoms with Crippen LogP contribution in [0.3, 0.4) is 0 Å². The van der Waals surface area contributed by atoms with Gasteiger partial charge in [-0.05, 0) is 75.4 Å². The first kappa shape index (κ1) is 22.3. The van der Waals surface area contributed by atoms with E-state index >= 15 is 0 Å². The highest BCUT2D eigenvalue weighted by molar-refractivity contribution is 7.18. The number of hydrogen-bond acceptors (Lipinski definition) is 5. The van der Waals surface area contributed by atoms with Crippen molar-refractivity contribution in [1.82, 2.24) is 9.55 Å². The van der Waals surface area contributed by atoms with Gasteiger partial charge in [0.1, 0.15) is 22.9 Å². The van der Waals surface area contributed by atoms with Gasteiger partial charge in [0.15, 0.2) is 0 Å². The van der Waals surface area contributed by atoms with Crippen LogP contribution in [0.4, 0.5) is 5.69 Å². The largest absolute Gasteiger partial charge is 0.494 e. The Kier molecular flexibility index (Phi) is 6.20. The first-order valence-corrected chi connectivity index (χ1v) is 12.5. The normalized spacial score (nSPS) is 13.0. The Morgan fingerprint density at radius 3 is 2.71 bits per heavy atom. The molecule has 0 fully saturated rings. The molecule has 0 saturated carbocycles. The highest BCUT2D eigenvalue weighted by Gasteiger charge is 2.23. The molecule has 0 bridgehead atoms. The van der Waals surface area contributed by atoms with E-state index in [1.807, 2.05) is 50.2 Å². The van der Waals surface area contributed by atoms with Gasteiger partial charge < -0.3 is 10.1 Å². The minimum atomic E-state index is -0.273. The monoisotopic (exact) mass is 473 g/mol. The van der Waals surface area contributed by atoms with Crippen LogP contribution in [-0.4, -0.2) is 22.1 Å². The zero-order valence-corrected chi connectivity index (χ0v) is 20.2. The minimum Gasteiger partial charge on any atom is -0.494 e. The fourth-order valence-electron chi connectivity index (χ4n) is 4.53. The van der Waals surface area contributed by atoms with Crippen molar-refractivity contribution in [2.45, 2.75) is 46.1 Å². The fraction of sp³-hybridized carbons (Fsp3) is 0.296. The third-order valence-electron chi connectivity index (χ3n) is 6.10. The number of fused-ring (bicyclic) bond motifs is 3. The summed E-state index contributed by atoms with van der Waals surface area (Å²) in [7, 11) is 0. The molecule has 0 radical (unpaired) electrons. The molecule has 0 saturated heterocycles. The number of aryl methyl sites for hydroxylation is 3. The highest BCUT2D eigenvalue weighted by Crippen LogP contribution is 2.35. The van der Waals surface area contributed by atoms with E-state index in [2.05, 4.69) is 5.32 Å². The summed E-state index contributed by atoms with van der Waals surface area (Å²) in [4.78, 5) is 33.8. The Labute approximate surface area is 202 Å². The van der Waals surface area contributed by atoms with Gasteiger partial charge in [0.25, 0.3) is 5.56 Å². The van der Waals surface area contributed by atoms with Gasteiger partial charge in [0, 0.05) is 16.1 Å². The molecule has 0 unspecified atom stereocenters. The number of anilines is 1. The molecule has 0 aliphatic heterocycles. The van der Waals surface area contributed by atoms with Gasteiger partial charge in [-0.15, -0.1) is 11.3 Å². The third-order valence-corrected chi connectivity index (χ3v) is 7.29. The highest BCUT2D eigenvalue weighted by atomic mass is 32.1. The molecule has 174 valence electrons. The molecule has 2 heterocycles. The number of nitrogens with one attached hydrogen (secondary N) is 1. The van der Waals surface area contributed by atoms with E-state index in [0.717, 1.165) is 53.0 Å². The van der Waals surface area contributed by atoms with Crippen LogP contribution < -0.4 is 15.6 Å². The zero-order valence-electron chi connectivity index (χ0n) is 19.4. The Morgan fingerprint density at radius 2 is 1.94 bits per heavy atom. The molecule has 1 amide bonds. The van der Waals surface area contributed by atoms with E-state index in [0.29, 0.717) is 23.5 Å². The minimum absolute atomic E-state index is 0.108. The van der Waals surface area contributed by atoms with E-state index in [9.17, 15) is 9.59 Å². The van der Waals surface area contributed by atoms with Gasteiger partial charge in [-0.25, -0.2) is 4.98 Å². The molecular weight excluding hydrogens is 446 g/mol. The number of thiophene rings is 1. The predicted octanol–water partition coefficient (Wildman–Crippen LogP) is 5.35. The average Bonchev–Trinajstić information content (AvgIpc) is 3.21. The Morgan fingerprint density at radius 1 is 1.15 bits per heavy atom. The molecule has 1 N–H and O–H groups in total. The number of benzene rings is 2. The van der Waals surface area contributed by atoms with Crippen LogP contribution in [0.2, 0.25) is 0 Å². The van der Waals surface area contributed by atoms with Gasteiger partial charge in [-0.3, -0.25) is 14.2 Å². The molecule has 4 aromatic rings. The van der Waals surface area contributed by atoms with Crippen molar-refractivity contribution in [2.75, 3.05) is 11.9 Å². The molecular formula is C27H27N3O3S. The zero-order chi connectivity index (χ0) is 23.7. The van der Waals surface area contributed by atoms with Crippen molar-refractivity contribution in [3.05, 3.63) is 74.9 Å². The Hall–Kier alpha value is -3.45. The number of carbonyl (C=O) groups is 1. The van der Waals surface area contributed by atoms with E-state index in [1.54, 1.807) is 23.5 Å². The Balaban J connectivity index is 1.55. The molecule has 0 atom stereocenters. The van der Waals surface area contributed by atoms with E-state index in [-0.39, 0.29) is 18.0 Å². The maximum atomic E-state index is 13.8. The van der Waals surface area contributed by atoms with E-state index < -0.39 is 0 Å². The smallest absolute Gasteiger partial charge is 0.263 e. The van der Waals surface area contributed by atoms with Gasteiger partial charge in [-0.2, -0.15) is 0 Å². The molecule has 1 aliphatic carbocycles. The number of nitrogens with zero attached hydrogens (tertiary/aromatic N) is 2. The summed E-state index contributed by atoms with van der Waals surface area (Å²) in [6, 6.07) is 15.1. The van der Waals surface area contributed by atoms with Crippen LogP contribution >= 0.6 is 11.3 Å². The summed E-state index contributed by atoms with van der Waals surface area (Å²) >= 11 is 1.63. The van der Waals surface area contributed by atoms with Gasteiger partial charge >= 0.3 is 0 Å². The third kappa shape index (κ3) is 4.35. The summed E-state index contributed by atoms with van der Waals surface area (Å²) in [5.74, 6) is 1.00. The maximum Gasteiger partial charge on any atom is 0.263 e. The second-order valence-corrected chi connectivity index (χ2v) is 9.68. The maximum absolute atomic E-state index is 13.8. The summed E-state index contributed by atoms with van der Waals surface area (Å²) in [5, 5.41) is 3.59. The van der Waals surface area contributed by atoms with Gasteiger partial charge in [0.05, 0.1) is 12.0 Å². The van der Waals surface area contributed by atoms with Crippen molar-refractivity contribution in [1.29, 1.82) is 0 Å². The van der Waals surface area contributed by atoms with Crippen molar-refractivity contribution in [3.63, 3.8) is 0 Å². The quantitative estimate of drug-likeness (QED) is 0.410. The molecule has 2 aromatic heterocycles. The number of ether oxygens (including phenoxy) is 1. The lowest BCUT2D eigenvalue weighted by molar-refractivity contribution is -0.116. The predicted molar refractivity (Wildman–Crippen MR) is 137 cm³/mol. The van der Waals surface area contributed by atoms with Crippen LogP contribution in [-0.2, 0) is 24.2 Å². The summed E-state index contributed by atoms with van der Waals surface area (Å²) < 4.78 is 7.00. The van der Waals surface area contributed by atoms with Crippen LogP contribution in [0.25, 0.3) is 21.6 Å². The lowest BCUT2D eigenvalue weighted by Crippen LogP contribution is -2.30. The van der Waals surface area contributed by atoms with Crippen molar-refractivity contribution < 1.29 is 9.53 Å². The topological polar surface area (TPSA) is 73.2 Å². The number of rotatable bonds is 6. The second-order valence-electron chi connectivity index (χ2n) is 8.59. The molecule has 34 heavy (non-hydrogen) atoms. The number of hydrogen-bond donors (Lipinski definition) is 1. The Bertz CT molecular complexity index is 1420. The number of aromatic nitrogens is 2. The molecule has 2 aromatic carbocycles. The second kappa shape index (κ2) is 9.43.